The van der Waals surface area contributed by atoms with Gasteiger partial charge in [-0.05, 0) is 48.9 Å². The first-order valence-electron chi connectivity index (χ1n) is 7.59. The Morgan fingerprint density at radius 1 is 1.32 bits per heavy atom. The van der Waals surface area contributed by atoms with Gasteiger partial charge >= 0.3 is 0 Å². The Hall–Kier alpha value is -2.00. The molecule has 1 atom stereocenters. The summed E-state index contributed by atoms with van der Waals surface area (Å²) in [4.78, 5) is 4.70. The molecule has 0 spiro atoms. The van der Waals surface area contributed by atoms with Crippen LogP contribution in [-0.2, 0) is 12.8 Å². The monoisotopic (exact) mass is 312 g/mol. The lowest BCUT2D eigenvalue weighted by atomic mass is 9.86. The number of nitrogen functional groups attached to an aromatic ring is 1. The zero-order valence-corrected chi connectivity index (χ0v) is 13.2. The smallest absolute Gasteiger partial charge is 0.229 e. The van der Waals surface area contributed by atoms with Crippen LogP contribution in [-0.4, -0.2) is 4.98 Å². The van der Waals surface area contributed by atoms with Crippen LogP contribution in [0.2, 0.25) is 5.02 Å². The molecule has 0 unspecified atom stereocenters. The molecule has 4 rings (SSSR count). The molecule has 0 aliphatic heterocycles. The largest absolute Gasteiger partial charge is 0.438 e. The first kappa shape index (κ1) is 13.6. The van der Waals surface area contributed by atoms with E-state index in [4.69, 9.17) is 26.7 Å². The van der Waals surface area contributed by atoms with Crippen LogP contribution in [0.5, 0.6) is 0 Å². The van der Waals surface area contributed by atoms with Gasteiger partial charge in [0.1, 0.15) is 5.76 Å². The van der Waals surface area contributed by atoms with Crippen molar-refractivity contribution in [2.45, 2.75) is 26.2 Å². The molecule has 2 N–H and O–H groups in total. The highest BCUT2D eigenvalue weighted by molar-refractivity contribution is 6.33. The molecular formula is C18H17ClN2O. The molecule has 0 radical (unpaired) electrons. The number of fused-ring (bicyclic) bond motifs is 2. The summed E-state index contributed by atoms with van der Waals surface area (Å²) >= 11 is 6.26. The van der Waals surface area contributed by atoms with Gasteiger partial charge in [-0.15, -0.1) is 0 Å². The zero-order chi connectivity index (χ0) is 15.3. The second kappa shape index (κ2) is 5.03. The summed E-state index contributed by atoms with van der Waals surface area (Å²) in [5, 5.41) is 1.56. The van der Waals surface area contributed by atoms with Gasteiger partial charge in [-0.1, -0.05) is 30.7 Å². The number of rotatable bonds is 1. The molecule has 4 heteroatoms. The molecule has 0 bridgehead atoms. The Balaban J connectivity index is 1.92. The molecule has 22 heavy (non-hydrogen) atoms. The van der Waals surface area contributed by atoms with Crippen LogP contribution in [0.15, 0.2) is 34.7 Å². The summed E-state index contributed by atoms with van der Waals surface area (Å²) in [6.45, 7) is 2.26. The van der Waals surface area contributed by atoms with Crippen molar-refractivity contribution >= 4 is 28.4 Å². The summed E-state index contributed by atoms with van der Waals surface area (Å²) in [6, 6.07) is 9.60. The van der Waals surface area contributed by atoms with Crippen molar-refractivity contribution < 1.29 is 4.42 Å². The van der Waals surface area contributed by atoms with E-state index in [1.54, 1.807) is 0 Å². The van der Waals surface area contributed by atoms with Gasteiger partial charge in [-0.2, -0.15) is 0 Å². The molecule has 2 aromatic heterocycles. The third-order valence-corrected chi connectivity index (χ3v) is 4.81. The van der Waals surface area contributed by atoms with Gasteiger partial charge in [0, 0.05) is 16.9 Å². The quantitative estimate of drug-likeness (QED) is 0.698. The maximum atomic E-state index is 6.40. The molecule has 0 fully saturated rings. The van der Waals surface area contributed by atoms with Crippen LogP contribution < -0.4 is 5.73 Å². The van der Waals surface area contributed by atoms with E-state index < -0.39 is 0 Å². The SMILES string of the molecule is C[C@@H]1CCc2nc3oc(-c4ccccc4Cl)cc3c(N)c2C1. The number of aromatic nitrogens is 1. The normalized spacial score (nSPS) is 17.6. The Morgan fingerprint density at radius 3 is 2.95 bits per heavy atom. The van der Waals surface area contributed by atoms with E-state index in [9.17, 15) is 0 Å². The number of hydrogen-bond donors (Lipinski definition) is 1. The van der Waals surface area contributed by atoms with Gasteiger partial charge in [-0.3, -0.25) is 0 Å². The number of nitrogens with two attached hydrogens (primary N) is 1. The lowest BCUT2D eigenvalue weighted by molar-refractivity contribution is 0.494. The van der Waals surface area contributed by atoms with Crippen LogP contribution >= 0.6 is 11.6 Å². The van der Waals surface area contributed by atoms with Crippen molar-refractivity contribution in [1.29, 1.82) is 0 Å². The summed E-state index contributed by atoms with van der Waals surface area (Å²) in [5.41, 5.74) is 11.0. The van der Waals surface area contributed by atoms with Gasteiger partial charge < -0.3 is 10.2 Å². The maximum absolute atomic E-state index is 6.40. The molecule has 2 heterocycles. The Morgan fingerprint density at radius 2 is 2.14 bits per heavy atom. The average Bonchev–Trinajstić information content (AvgIpc) is 2.93. The van der Waals surface area contributed by atoms with E-state index in [1.807, 2.05) is 30.3 Å². The van der Waals surface area contributed by atoms with Gasteiger partial charge in [0.2, 0.25) is 5.71 Å². The number of furan rings is 1. The molecule has 1 aromatic carbocycles. The molecule has 0 saturated carbocycles. The fourth-order valence-corrected chi connectivity index (χ4v) is 3.46. The molecule has 0 saturated heterocycles. The summed E-state index contributed by atoms with van der Waals surface area (Å²) in [5.74, 6) is 1.37. The van der Waals surface area contributed by atoms with Crippen LogP contribution in [0, 0.1) is 5.92 Å². The summed E-state index contributed by atoms with van der Waals surface area (Å²) in [6.07, 6.45) is 3.12. The van der Waals surface area contributed by atoms with E-state index in [1.165, 1.54) is 5.56 Å². The molecule has 3 aromatic rings. The highest BCUT2D eigenvalue weighted by Crippen LogP contribution is 2.38. The molecule has 1 aliphatic rings. The zero-order valence-electron chi connectivity index (χ0n) is 12.4. The summed E-state index contributed by atoms with van der Waals surface area (Å²) in [7, 11) is 0. The molecule has 112 valence electrons. The topological polar surface area (TPSA) is 52.0 Å². The van der Waals surface area contributed by atoms with E-state index in [0.29, 0.717) is 16.7 Å². The highest BCUT2D eigenvalue weighted by atomic mass is 35.5. The predicted octanol–water partition coefficient (Wildman–Crippen LogP) is 4.86. The van der Waals surface area contributed by atoms with Crippen molar-refractivity contribution in [3.05, 3.63) is 46.6 Å². The maximum Gasteiger partial charge on any atom is 0.229 e. The first-order valence-corrected chi connectivity index (χ1v) is 7.97. The molecule has 0 amide bonds. The van der Waals surface area contributed by atoms with Crippen molar-refractivity contribution in [3.8, 4) is 11.3 Å². The lowest BCUT2D eigenvalue weighted by Crippen LogP contribution is -2.15. The number of aryl methyl sites for hydroxylation is 1. The minimum atomic E-state index is 0.612. The minimum absolute atomic E-state index is 0.612. The number of halogens is 1. The third kappa shape index (κ3) is 2.08. The number of benzene rings is 1. The van der Waals surface area contributed by atoms with Crippen molar-refractivity contribution in [1.82, 2.24) is 4.98 Å². The van der Waals surface area contributed by atoms with E-state index in [-0.39, 0.29) is 0 Å². The lowest BCUT2D eigenvalue weighted by Gasteiger charge is -2.21. The Bertz CT molecular complexity index is 869. The Kier molecular flexibility index (Phi) is 3.12. The summed E-state index contributed by atoms with van der Waals surface area (Å²) < 4.78 is 5.93. The van der Waals surface area contributed by atoms with E-state index in [2.05, 4.69) is 6.92 Å². The second-order valence-electron chi connectivity index (χ2n) is 6.11. The minimum Gasteiger partial charge on any atom is -0.438 e. The highest BCUT2D eigenvalue weighted by Gasteiger charge is 2.22. The molecular weight excluding hydrogens is 296 g/mol. The second-order valence-corrected chi connectivity index (χ2v) is 6.52. The van der Waals surface area contributed by atoms with Crippen LogP contribution in [0.4, 0.5) is 5.69 Å². The van der Waals surface area contributed by atoms with Gasteiger partial charge in [-0.25, -0.2) is 4.98 Å². The number of pyridine rings is 1. The predicted molar refractivity (Wildman–Crippen MR) is 90.1 cm³/mol. The van der Waals surface area contributed by atoms with Gasteiger partial charge in [0.15, 0.2) is 0 Å². The average molecular weight is 313 g/mol. The van der Waals surface area contributed by atoms with Crippen molar-refractivity contribution in [2.75, 3.05) is 5.73 Å². The van der Waals surface area contributed by atoms with Crippen LogP contribution in [0.3, 0.4) is 0 Å². The molecule has 3 nitrogen and oxygen atoms in total. The van der Waals surface area contributed by atoms with Gasteiger partial charge in [0.05, 0.1) is 10.4 Å². The fraction of sp³-hybridized carbons (Fsp3) is 0.278. The Labute approximate surface area is 134 Å². The number of hydrogen-bond acceptors (Lipinski definition) is 3. The van der Waals surface area contributed by atoms with E-state index >= 15 is 0 Å². The standard InChI is InChI=1S/C18H17ClN2O/c1-10-6-7-15-12(8-10)17(20)13-9-16(22-18(13)21-15)11-4-2-3-5-14(11)19/h2-5,9-10H,6-8H2,1H3,(H2,20,21)/t10-/m1/s1. The van der Waals surface area contributed by atoms with Crippen LogP contribution in [0.25, 0.3) is 22.4 Å². The fourth-order valence-electron chi connectivity index (χ4n) is 3.23. The third-order valence-electron chi connectivity index (χ3n) is 4.48. The van der Waals surface area contributed by atoms with E-state index in [0.717, 1.165) is 47.4 Å². The van der Waals surface area contributed by atoms with Gasteiger partial charge in [0.25, 0.3) is 0 Å². The molecule has 1 aliphatic carbocycles. The first-order chi connectivity index (χ1) is 10.6. The number of anilines is 1. The van der Waals surface area contributed by atoms with Crippen molar-refractivity contribution in [2.24, 2.45) is 5.92 Å². The number of nitrogens with zero attached hydrogens (tertiary/aromatic N) is 1. The van der Waals surface area contributed by atoms with Crippen LogP contribution in [0.1, 0.15) is 24.6 Å². The van der Waals surface area contributed by atoms with Crippen molar-refractivity contribution in [3.63, 3.8) is 0 Å².